The van der Waals surface area contributed by atoms with Gasteiger partial charge in [-0.3, -0.25) is 4.79 Å². The van der Waals surface area contributed by atoms with E-state index in [2.05, 4.69) is 26.5 Å². The lowest BCUT2D eigenvalue weighted by atomic mass is 10.2. The number of hydrazone groups is 1. The summed E-state index contributed by atoms with van der Waals surface area (Å²) in [6.45, 7) is 2.49. The number of hydrogen-bond acceptors (Lipinski definition) is 4. The summed E-state index contributed by atoms with van der Waals surface area (Å²) in [6, 6.07) is 18.3. The van der Waals surface area contributed by atoms with Crippen molar-refractivity contribution < 1.29 is 13.9 Å². The highest BCUT2D eigenvalue weighted by Crippen LogP contribution is 2.23. The van der Waals surface area contributed by atoms with Gasteiger partial charge in [0.1, 0.15) is 17.3 Å². The molecule has 0 saturated heterocycles. The molecule has 3 rings (SSSR count). The Balaban J connectivity index is 1.60. The van der Waals surface area contributed by atoms with E-state index < -0.39 is 0 Å². The van der Waals surface area contributed by atoms with Crippen LogP contribution < -0.4 is 10.2 Å². The summed E-state index contributed by atoms with van der Waals surface area (Å²) >= 11 is 3.40. The number of furan rings is 1. The van der Waals surface area contributed by atoms with Crippen molar-refractivity contribution in [3.63, 3.8) is 0 Å². The minimum absolute atomic E-state index is 0.302. The van der Waals surface area contributed by atoms with Gasteiger partial charge in [-0.25, -0.2) is 5.43 Å². The van der Waals surface area contributed by atoms with E-state index in [0.717, 1.165) is 21.5 Å². The van der Waals surface area contributed by atoms with Crippen molar-refractivity contribution in [3.8, 4) is 17.1 Å². The normalized spacial score (nSPS) is 10.8. The molecule has 0 aliphatic rings. The molecule has 1 N–H and O–H groups in total. The van der Waals surface area contributed by atoms with E-state index in [1.165, 1.54) is 6.21 Å². The molecule has 0 saturated carbocycles. The number of ether oxygens (including phenoxy) is 1. The maximum Gasteiger partial charge on any atom is 0.271 e. The zero-order valence-corrected chi connectivity index (χ0v) is 15.7. The molecule has 1 aromatic heterocycles. The summed E-state index contributed by atoms with van der Waals surface area (Å²) in [7, 11) is 0. The molecule has 3 aromatic rings. The highest BCUT2D eigenvalue weighted by Gasteiger charge is 2.05. The van der Waals surface area contributed by atoms with E-state index in [9.17, 15) is 4.79 Å². The first-order chi connectivity index (χ1) is 12.7. The average molecular weight is 413 g/mol. The minimum Gasteiger partial charge on any atom is -0.494 e. The van der Waals surface area contributed by atoms with Gasteiger partial charge in [0.15, 0.2) is 0 Å². The Kier molecular flexibility index (Phi) is 5.86. The first-order valence-corrected chi connectivity index (χ1v) is 8.87. The molecule has 6 heteroatoms. The number of carbonyl (C=O) groups excluding carboxylic acids is 1. The SMILES string of the molecule is CCOc1ccc(C(=O)N/N=C\c2ccc(-c3ccc(Br)cc3)o2)cc1. The average Bonchev–Trinajstić information content (AvgIpc) is 3.12. The fraction of sp³-hybridized carbons (Fsp3) is 0.100. The van der Waals surface area contributed by atoms with Gasteiger partial charge in [0, 0.05) is 15.6 Å². The molecule has 5 nitrogen and oxygen atoms in total. The van der Waals surface area contributed by atoms with Crippen LogP contribution in [0.5, 0.6) is 5.75 Å². The zero-order valence-electron chi connectivity index (χ0n) is 14.1. The van der Waals surface area contributed by atoms with Crippen molar-refractivity contribution in [1.29, 1.82) is 0 Å². The van der Waals surface area contributed by atoms with Crippen LogP contribution in [0.1, 0.15) is 23.0 Å². The standard InChI is InChI=1S/C20H17BrN2O3/c1-2-25-17-9-5-15(6-10-17)20(24)23-22-13-18-11-12-19(26-18)14-3-7-16(21)8-4-14/h3-13H,2H2,1H3,(H,23,24)/b22-13-. The zero-order chi connectivity index (χ0) is 18.4. The van der Waals surface area contributed by atoms with Gasteiger partial charge < -0.3 is 9.15 Å². The second kappa shape index (κ2) is 8.49. The molecule has 0 aliphatic heterocycles. The van der Waals surface area contributed by atoms with Gasteiger partial charge in [-0.1, -0.05) is 28.1 Å². The topological polar surface area (TPSA) is 63.8 Å². The molecule has 0 fully saturated rings. The van der Waals surface area contributed by atoms with Crippen LogP contribution in [0.25, 0.3) is 11.3 Å². The van der Waals surface area contributed by atoms with Crippen LogP contribution in [0.4, 0.5) is 0 Å². The lowest BCUT2D eigenvalue weighted by Crippen LogP contribution is -2.17. The molecule has 0 aliphatic carbocycles. The highest BCUT2D eigenvalue weighted by atomic mass is 79.9. The molecule has 0 unspecified atom stereocenters. The van der Waals surface area contributed by atoms with Crippen LogP contribution >= 0.6 is 15.9 Å². The molecular weight excluding hydrogens is 396 g/mol. The number of hydrogen-bond donors (Lipinski definition) is 1. The fourth-order valence-corrected chi connectivity index (χ4v) is 2.54. The van der Waals surface area contributed by atoms with Gasteiger partial charge in [0.2, 0.25) is 0 Å². The van der Waals surface area contributed by atoms with Gasteiger partial charge in [0.05, 0.1) is 12.8 Å². The number of halogens is 1. The second-order valence-corrected chi connectivity index (χ2v) is 6.28. The highest BCUT2D eigenvalue weighted by molar-refractivity contribution is 9.10. The number of amides is 1. The van der Waals surface area contributed by atoms with E-state index in [1.807, 2.05) is 37.3 Å². The van der Waals surface area contributed by atoms with Crippen LogP contribution in [-0.4, -0.2) is 18.7 Å². The minimum atomic E-state index is -0.302. The first-order valence-electron chi connectivity index (χ1n) is 8.08. The molecule has 1 heterocycles. The van der Waals surface area contributed by atoms with E-state index in [0.29, 0.717) is 17.9 Å². The molecule has 2 aromatic carbocycles. The Hall–Kier alpha value is -2.86. The van der Waals surface area contributed by atoms with Crippen molar-refractivity contribution in [2.24, 2.45) is 5.10 Å². The van der Waals surface area contributed by atoms with E-state index in [1.54, 1.807) is 30.3 Å². The van der Waals surface area contributed by atoms with Gasteiger partial charge in [0.25, 0.3) is 5.91 Å². The van der Waals surface area contributed by atoms with Crippen LogP contribution in [0.2, 0.25) is 0 Å². The molecular formula is C20H17BrN2O3. The third-order valence-electron chi connectivity index (χ3n) is 3.54. The number of benzene rings is 2. The number of nitrogens with one attached hydrogen (secondary N) is 1. The number of carbonyl (C=O) groups is 1. The molecule has 0 spiro atoms. The third kappa shape index (κ3) is 4.61. The molecule has 0 bridgehead atoms. The molecule has 132 valence electrons. The Labute approximate surface area is 159 Å². The van der Waals surface area contributed by atoms with Gasteiger partial charge in [-0.15, -0.1) is 0 Å². The Bertz CT molecular complexity index is 900. The summed E-state index contributed by atoms with van der Waals surface area (Å²) in [6.07, 6.45) is 1.47. The van der Waals surface area contributed by atoms with Crippen molar-refractivity contribution in [1.82, 2.24) is 5.43 Å². The third-order valence-corrected chi connectivity index (χ3v) is 4.07. The van der Waals surface area contributed by atoms with E-state index in [4.69, 9.17) is 9.15 Å². The van der Waals surface area contributed by atoms with Crippen LogP contribution in [0.15, 0.2) is 74.7 Å². The fourth-order valence-electron chi connectivity index (χ4n) is 2.28. The van der Waals surface area contributed by atoms with Gasteiger partial charge >= 0.3 is 0 Å². The maximum absolute atomic E-state index is 12.1. The van der Waals surface area contributed by atoms with Gasteiger partial charge in [-0.2, -0.15) is 5.10 Å². The lowest BCUT2D eigenvalue weighted by molar-refractivity contribution is 0.0955. The molecule has 1 amide bonds. The number of rotatable bonds is 6. The van der Waals surface area contributed by atoms with E-state index >= 15 is 0 Å². The summed E-state index contributed by atoms with van der Waals surface area (Å²) in [5.41, 5.74) is 3.94. The summed E-state index contributed by atoms with van der Waals surface area (Å²) in [4.78, 5) is 12.1. The second-order valence-electron chi connectivity index (χ2n) is 5.37. The van der Waals surface area contributed by atoms with Crippen molar-refractivity contribution >= 4 is 28.1 Å². The predicted octanol–water partition coefficient (Wildman–Crippen LogP) is 4.87. The Morgan fingerprint density at radius 2 is 1.85 bits per heavy atom. The smallest absolute Gasteiger partial charge is 0.271 e. The first kappa shape index (κ1) is 17.9. The summed E-state index contributed by atoms with van der Waals surface area (Å²) in [5.74, 6) is 1.71. The van der Waals surface area contributed by atoms with Gasteiger partial charge in [-0.05, 0) is 55.5 Å². The summed E-state index contributed by atoms with van der Waals surface area (Å²) in [5, 5.41) is 3.94. The van der Waals surface area contributed by atoms with Crippen molar-refractivity contribution in [2.45, 2.75) is 6.92 Å². The molecule has 0 radical (unpaired) electrons. The van der Waals surface area contributed by atoms with Crippen LogP contribution in [0.3, 0.4) is 0 Å². The largest absolute Gasteiger partial charge is 0.494 e. The van der Waals surface area contributed by atoms with E-state index in [-0.39, 0.29) is 5.91 Å². The maximum atomic E-state index is 12.1. The predicted molar refractivity (Wildman–Crippen MR) is 105 cm³/mol. The number of nitrogens with zero attached hydrogens (tertiary/aromatic N) is 1. The van der Waals surface area contributed by atoms with Crippen molar-refractivity contribution in [3.05, 3.63) is 76.5 Å². The quantitative estimate of drug-likeness (QED) is 0.463. The Morgan fingerprint density at radius 3 is 2.54 bits per heavy atom. The Morgan fingerprint density at radius 1 is 1.12 bits per heavy atom. The monoisotopic (exact) mass is 412 g/mol. The summed E-state index contributed by atoms with van der Waals surface area (Å²) < 4.78 is 12.1. The lowest BCUT2D eigenvalue weighted by Gasteiger charge is -2.03. The van der Waals surface area contributed by atoms with Crippen LogP contribution in [-0.2, 0) is 0 Å². The molecule has 0 atom stereocenters. The van der Waals surface area contributed by atoms with Crippen LogP contribution in [0, 0.1) is 0 Å². The van der Waals surface area contributed by atoms with Crippen molar-refractivity contribution in [2.75, 3.05) is 6.61 Å². The molecule has 26 heavy (non-hydrogen) atoms.